The Morgan fingerprint density at radius 1 is 1.12 bits per heavy atom. The molecule has 2 N–H and O–H groups in total. The van der Waals surface area contributed by atoms with E-state index in [9.17, 15) is 4.79 Å². The summed E-state index contributed by atoms with van der Waals surface area (Å²) < 4.78 is 0. The van der Waals surface area contributed by atoms with Crippen LogP contribution >= 0.6 is 0 Å². The van der Waals surface area contributed by atoms with E-state index in [-0.39, 0.29) is 12.1 Å². The molecule has 182 valence electrons. The van der Waals surface area contributed by atoms with E-state index in [4.69, 9.17) is 0 Å². The number of aromatic nitrogens is 1. The standard InChI is InChI=1S/C28H44N4O/c1-5-9-10-11-14-24-23-18-26-22(21-13-12-15-25(30-24)27(21)23)17-20(19-32(26)16-6-2)29-28(33)31(7-3)8-4/h12-13,15,20,22,26,30H,5-11,14,16-19H2,1-4H3,(H,29,33)/t20-,22+,26+/m0/s1. The number of carbonyl (C=O) groups excluding carboxylic acids is 1. The fraction of sp³-hybridized carbons (Fsp3) is 0.679. The molecule has 1 aromatic heterocycles. The number of amides is 2. The fourth-order valence-electron chi connectivity index (χ4n) is 6.33. The zero-order chi connectivity index (χ0) is 23.4. The number of hydrogen-bond acceptors (Lipinski definition) is 2. The van der Waals surface area contributed by atoms with Crippen molar-refractivity contribution >= 4 is 16.9 Å². The Kier molecular flexibility index (Phi) is 8.00. The number of hydrogen-bond donors (Lipinski definition) is 2. The van der Waals surface area contributed by atoms with Crippen molar-refractivity contribution in [3.63, 3.8) is 0 Å². The second-order valence-corrected chi connectivity index (χ2v) is 10.1. The van der Waals surface area contributed by atoms with Gasteiger partial charge in [0.2, 0.25) is 0 Å². The summed E-state index contributed by atoms with van der Waals surface area (Å²) in [5.74, 6) is 0.479. The molecule has 3 atom stereocenters. The molecule has 0 bridgehead atoms. The molecule has 1 aliphatic carbocycles. The zero-order valence-electron chi connectivity index (χ0n) is 21.3. The second kappa shape index (κ2) is 10.9. The van der Waals surface area contributed by atoms with Crippen LogP contribution in [0.15, 0.2) is 18.2 Å². The molecule has 1 aromatic carbocycles. The molecule has 1 saturated heterocycles. The average Bonchev–Trinajstić information content (AvgIpc) is 3.17. The number of carbonyl (C=O) groups is 1. The van der Waals surface area contributed by atoms with Crippen LogP contribution in [0.1, 0.15) is 89.0 Å². The molecule has 0 radical (unpaired) electrons. The van der Waals surface area contributed by atoms with Gasteiger partial charge in [0.1, 0.15) is 0 Å². The Hall–Kier alpha value is -2.01. The molecule has 0 saturated carbocycles. The maximum absolute atomic E-state index is 12.8. The van der Waals surface area contributed by atoms with E-state index in [2.05, 4.69) is 61.1 Å². The van der Waals surface area contributed by atoms with Gasteiger partial charge in [-0.25, -0.2) is 4.79 Å². The molecule has 1 fully saturated rings. The number of nitrogens with zero attached hydrogens (tertiary/aromatic N) is 2. The molecule has 4 rings (SSSR count). The van der Waals surface area contributed by atoms with Gasteiger partial charge in [-0.15, -0.1) is 0 Å². The van der Waals surface area contributed by atoms with Crippen LogP contribution in [0.4, 0.5) is 4.79 Å². The third-order valence-corrected chi connectivity index (χ3v) is 7.96. The van der Waals surface area contributed by atoms with Crippen LogP contribution in [0.5, 0.6) is 0 Å². The number of aryl methyl sites for hydroxylation is 1. The Labute approximate surface area is 200 Å². The molecule has 0 spiro atoms. The highest BCUT2D eigenvalue weighted by atomic mass is 16.2. The molecule has 0 unspecified atom stereocenters. The van der Waals surface area contributed by atoms with Gasteiger partial charge in [0.25, 0.3) is 0 Å². The zero-order valence-corrected chi connectivity index (χ0v) is 21.3. The topological polar surface area (TPSA) is 51.4 Å². The van der Waals surface area contributed by atoms with Gasteiger partial charge in [0, 0.05) is 54.2 Å². The van der Waals surface area contributed by atoms with Crippen LogP contribution in [0, 0.1) is 0 Å². The number of piperidine rings is 1. The summed E-state index contributed by atoms with van der Waals surface area (Å²) in [6.07, 6.45) is 9.69. The van der Waals surface area contributed by atoms with Gasteiger partial charge >= 0.3 is 6.03 Å². The lowest BCUT2D eigenvalue weighted by Crippen LogP contribution is -2.58. The lowest BCUT2D eigenvalue weighted by atomic mass is 9.73. The van der Waals surface area contributed by atoms with Crippen LogP contribution in [0.2, 0.25) is 0 Å². The van der Waals surface area contributed by atoms with Gasteiger partial charge in [-0.3, -0.25) is 4.90 Å². The Morgan fingerprint density at radius 3 is 2.67 bits per heavy atom. The van der Waals surface area contributed by atoms with Gasteiger partial charge in [-0.2, -0.15) is 0 Å². The Bertz CT molecular complexity index is 931. The molecule has 1 aliphatic heterocycles. The minimum absolute atomic E-state index is 0.0885. The van der Waals surface area contributed by atoms with Crippen molar-refractivity contribution in [1.29, 1.82) is 0 Å². The lowest BCUT2D eigenvalue weighted by Gasteiger charge is -2.47. The fourth-order valence-corrected chi connectivity index (χ4v) is 6.33. The predicted octanol–water partition coefficient (Wildman–Crippen LogP) is 5.83. The molecular formula is C28H44N4O. The number of nitrogens with one attached hydrogen (secondary N) is 2. The van der Waals surface area contributed by atoms with Crippen molar-refractivity contribution in [2.24, 2.45) is 0 Å². The first-order valence-electron chi connectivity index (χ1n) is 13.5. The lowest BCUT2D eigenvalue weighted by molar-refractivity contribution is 0.0978. The number of aromatic amines is 1. The minimum atomic E-state index is 0.0885. The van der Waals surface area contributed by atoms with Crippen molar-refractivity contribution in [2.75, 3.05) is 26.2 Å². The van der Waals surface area contributed by atoms with Crippen molar-refractivity contribution in [3.8, 4) is 0 Å². The Morgan fingerprint density at radius 2 is 1.94 bits per heavy atom. The van der Waals surface area contributed by atoms with E-state index in [1.807, 2.05) is 4.90 Å². The first-order valence-corrected chi connectivity index (χ1v) is 13.5. The van der Waals surface area contributed by atoms with Gasteiger partial charge in [-0.1, -0.05) is 45.2 Å². The number of unbranched alkanes of at least 4 members (excludes halogenated alkanes) is 3. The summed E-state index contributed by atoms with van der Waals surface area (Å²) in [6.45, 7) is 12.2. The summed E-state index contributed by atoms with van der Waals surface area (Å²) in [5.41, 5.74) is 5.85. The van der Waals surface area contributed by atoms with E-state index in [0.717, 1.165) is 51.9 Å². The smallest absolute Gasteiger partial charge is 0.317 e. The number of benzene rings is 1. The number of rotatable bonds is 10. The average molecular weight is 453 g/mol. The van der Waals surface area contributed by atoms with Gasteiger partial charge in [-0.05, 0) is 69.7 Å². The largest absolute Gasteiger partial charge is 0.358 e. The van der Waals surface area contributed by atoms with Crippen molar-refractivity contribution in [1.82, 2.24) is 20.1 Å². The van der Waals surface area contributed by atoms with E-state index >= 15 is 0 Å². The van der Waals surface area contributed by atoms with E-state index < -0.39 is 0 Å². The van der Waals surface area contributed by atoms with Crippen LogP contribution in [0.3, 0.4) is 0 Å². The van der Waals surface area contributed by atoms with Gasteiger partial charge < -0.3 is 15.2 Å². The third kappa shape index (κ3) is 4.94. The predicted molar refractivity (Wildman–Crippen MR) is 138 cm³/mol. The van der Waals surface area contributed by atoms with Crippen LogP contribution in [-0.4, -0.2) is 59.1 Å². The summed E-state index contributed by atoms with van der Waals surface area (Å²) in [6, 6.07) is 7.67. The summed E-state index contributed by atoms with van der Waals surface area (Å²) in [4.78, 5) is 21.2. The highest BCUT2D eigenvalue weighted by Crippen LogP contribution is 2.44. The number of likely N-dealkylation sites (tertiary alicyclic amines) is 1. The highest BCUT2D eigenvalue weighted by Gasteiger charge is 2.41. The first kappa shape index (κ1) is 24.1. The molecular weight excluding hydrogens is 408 g/mol. The van der Waals surface area contributed by atoms with Gasteiger partial charge in [0.05, 0.1) is 0 Å². The van der Waals surface area contributed by atoms with Crippen LogP contribution in [0.25, 0.3) is 10.9 Å². The maximum atomic E-state index is 12.8. The second-order valence-electron chi connectivity index (χ2n) is 10.1. The SMILES string of the molecule is CCCCCCc1[nH]c2cccc3c2c1C[C@@H]1[C@@H]3C[C@H](NC(=O)N(CC)CC)CN1CCC. The van der Waals surface area contributed by atoms with Crippen molar-refractivity contribution in [3.05, 3.63) is 35.0 Å². The molecule has 2 amide bonds. The quantitative estimate of drug-likeness (QED) is 0.445. The summed E-state index contributed by atoms with van der Waals surface area (Å²) in [5, 5.41) is 4.86. The number of H-pyrrole nitrogens is 1. The van der Waals surface area contributed by atoms with E-state index in [1.54, 1.807) is 5.56 Å². The molecule has 33 heavy (non-hydrogen) atoms. The molecule has 5 heteroatoms. The molecule has 2 aromatic rings. The first-order chi connectivity index (χ1) is 16.1. The molecule has 2 heterocycles. The van der Waals surface area contributed by atoms with E-state index in [1.165, 1.54) is 47.8 Å². The molecule has 5 nitrogen and oxygen atoms in total. The summed E-state index contributed by atoms with van der Waals surface area (Å²) >= 11 is 0. The summed E-state index contributed by atoms with van der Waals surface area (Å²) in [7, 11) is 0. The minimum Gasteiger partial charge on any atom is -0.358 e. The maximum Gasteiger partial charge on any atom is 0.317 e. The van der Waals surface area contributed by atoms with E-state index in [0.29, 0.717) is 12.0 Å². The van der Waals surface area contributed by atoms with Crippen molar-refractivity contribution < 1.29 is 4.79 Å². The van der Waals surface area contributed by atoms with Crippen LogP contribution in [-0.2, 0) is 12.8 Å². The normalized spacial score (nSPS) is 22.4. The van der Waals surface area contributed by atoms with Gasteiger partial charge in [0.15, 0.2) is 0 Å². The Balaban J connectivity index is 1.61. The van der Waals surface area contributed by atoms with Crippen molar-refractivity contribution in [2.45, 2.75) is 97.1 Å². The number of urea groups is 1. The highest BCUT2D eigenvalue weighted by molar-refractivity contribution is 5.89. The van der Waals surface area contributed by atoms with Crippen LogP contribution < -0.4 is 5.32 Å². The number of fused-ring (bicyclic) bond motifs is 2. The third-order valence-electron chi connectivity index (χ3n) is 7.96. The monoisotopic (exact) mass is 452 g/mol. The molecule has 2 aliphatic rings.